The maximum absolute atomic E-state index is 11.5. The molecule has 0 aliphatic carbocycles. The van der Waals surface area contributed by atoms with E-state index in [1.165, 1.54) is 18.8 Å². The summed E-state index contributed by atoms with van der Waals surface area (Å²) in [6.45, 7) is 0. The summed E-state index contributed by atoms with van der Waals surface area (Å²) in [5, 5.41) is 5.37. The third-order valence-electron chi connectivity index (χ3n) is 2.75. The highest BCUT2D eigenvalue weighted by molar-refractivity contribution is 9.10. The van der Waals surface area contributed by atoms with Gasteiger partial charge in [-0.15, -0.1) is 0 Å². The largest absolute Gasteiger partial charge is 0.341 e. The monoisotopic (exact) mass is 382 g/mol. The molecule has 2 N–H and O–H groups in total. The van der Waals surface area contributed by atoms with Crippen LogP contribution in [-0.4, -0.2) is 34.3 Å². The Balaban J connectivity index is 1.92. The summed E-state index contributed by atoms with van der Waals surface area (Å²) in [6, 6.07) is 7.38. The molecule has 22 heavy (non-hydrogen) atoms. The van der Waals surface area contributed by atoms with Crippen LogP contribution in [0.4, 0.5) is 4.79 Å². The van der Waals surface area contributed by atoms with E-state index >= 15 is 0 Å². The highest BCUT2D eigenvalue weighted by Crippen LogP contribution is 2.22. The van der Waals surface area contributed by atoms with Crippen LogP contribution < -0.4 is 10.6 Å². The number of thioether (sulfide) groups is 1. The molecule has 0 radical (unpaired) electrons. The number of hydrogen-bond acceptors (Lipinski definition) is 4. The topological polar surface area (TPSA) is 76.0 Å². The molecule has 0 aliphatic rings. The predicted molar refractivity (Wildman–Crippen MR) is 89.2 cm³/mol. The molecule has 1 heterocycles. The molecule has 0 unspecified atom stereocenters. The summed E-state index contributed by atoms with van der Waals surface area (Å²) < 4.78 is 2.96. The van der Waals surface area contributed by atoms with E-state index in [9.17, 15) is 9.59 Å². The van der Waals surface area contributed by atoms with Gasteiger partial charge in [-0.05, 0) is 24.3 Å². The van der Waals surface area contributed by atoms with Crippen molar-refractivity contribution >= 4 is 39.6 Å². The standard InChI is InChI=1S/C14H15BrN4O2S/c1-16-13(21)18-12(20)6-9-22-14-17-7-8-19(14)11-4-2-10(15)3-5-11/h2-5,7-8H,6,9H2,1H3,(H2,16,18,20,21). The average molecular weight is 383 g/mol. The molecule has 2 aromatic rings. The first-order valence-corrected chi connectivity index (χ1v) is 8.31. The van der Waals surface area contributed by atoms with Gasteiger partial charge in [-0.25, -0.2) is 9.78 Å². The minimum absolute atomic E-state index is 0.241. The maximum atomic E-state index is 11.5. The van der Waals surface area contributed by atoms with Gasteiger partial charge in [-0.3, -0.25) is 14.7 Å². The van der Waals surface area contributed by atoms with E-state index in [0.717, 1.165) is 15.3 Å². The van der Waals surface area contributed by atoms with Gasteiger partial charge in [-0.2, -0.15) is 0 Å². The van der Waals surface area contributed by atoms with Gasteiger partial charge in [0.05, 0.1) is 0 Å². The normalized spacial score (nSPS) is 10.3. The molecule has 1 aromatic carbocycles. The molecular weight excluding hydrogens is 368 g/mol. The lowest BCUT2D eigenvalue weighted by atomic mass is 10.3. The molecule has 3 amide bonds. The van der Waals surface area contributed by atoms with Crippen molar-refractivity contribution in [3.05, 3.63) is 41.1 Å². The van der Waals surface area contributed by atoms with Gasteiger partial charge in [0.25, 0.3) is 0 Å². The molecule has 116 valence electrons. The zero-order valence-corrected chi connectivity index (χ0v) is 14.3. The van der Waals surface area contributed by atoms with Crippen LogP contribution in [0.15, 0.2) is 46.3 Å². The molecule has 0 bridgehead atoms. The Labute approximate surface area is 140 Å². The lowest BCUT2D eigenvalue weighted by Crippen LogP contribution is -2.37. The number of imide groups is 1. The highest BCUT2D eigenvalue weighted by atomic mass is 79.9. The van der Waals surface area contributed by atoms with E-state index in [1.807, 2.05) is 35.0 Å². The minimum Gasteiger partial charge on any atom is -0.341 e. The fourth-order valence-electron chi connectivity index (χ4n) is 1.68. The number of carbonyl (C=O) groups excluding carboxylic acids is 2. The Morgan fingerprint density at radius 1 is 1.32 bits per heavy atom. The predicted octanol–water partition coefficient (Wildman–Crippen LogP) is 2.57. The first-order chi connectivity index (χ1) is 10.6. The second-order valence-electron chi connectivity index (χ2n) is 4.28. The summed E-state index contributed by atoms with van der Waals surface area (Å²) >= 11 is 4.87. The number of halogens is 1. The number of nitrogens with one attached hydrogen (secondary N) is 2. The molecule has 0 atom stereocenters. The van der Waals surface area contributed by atoms with E-state index in [0.29, 0.717) is 5.75 Å². The minimum atomic E-state index is -0.494. The number of amides is 3. The van der Waals surface area contributed by atoms with Gasteiger partial charge < -0.3 is 5.32 Å². The lowest BCUT2D eigenvalue weighted by molar-refractivity contribution is -0.119. The Morgan fingerprint density at radius 2 is 2.05 bits per heavy atom. The van der Waals surface area contributed by atoms with Crippen LogP contribution in [0.5, 0.6) is 0 Å². The molecule has 2 rings (SSSR count). The third-order valence-corrected chi connectivity index (χ3v) is 4.25. The molecule has 0 saturated carbocycles. The molecule has 1 aromatic heterocycles. The smallest absolute Gasteiger partial charge is 0.321 e. The van der Waals surface area contributed by atoms with Crippen LogP contribution in [0.2, 0.25) is 0 Å². The van der Waals surface area contributed by atoms with Gasteiger partial charge in [0.1, 0.15) is 0 Å². The SMILES string of the molecule is CNC(=O)NC(=O)CCSc1nccn1-c1ccc(Br)cc1. The van der Waals surface area contributed by atoms with Crippen molar-refractivity contribution < 1.29 is 9.59 Å². The third kappa shape index (κ3) is 4.60. The fourth-order valence-corrected chi connectivity index (χ4v) is 2.86. The molecular formula is C14H15BrN4O2S. The summed E-state index contributed by atoms with van der Waals surface area (Å²) in [5.41, 5.74) is 0.998. The van der Waals surface area contributed by atoms with Gasteiger partial charge >= 0.3 is 6.03 Å². The second-order valence-corrected chi connectivity index (χ2v) is 6.26. The number of carbonyl (C=O) groups is 2. The van der Waals surface area contributed by atoms with Crippen molar-refractivity contribution in [2.75, 3.05) is 12.8 Å². The van der Waals surface area contributed by atoms with Crippen LogP contribution >= 0.6 is 27.7 Å². The number of urea groups is 1. The van der Waals surface area contributed by atoms with Crippen LogP contribution in [0.1, 0.15) is 6.42 Å². The van der Waals surface area contributed by atoms with E-state index in [-0.39, 0.29) is 12.3 Å². The summed E-state index contributed by atoms with van der Waals surface area (Å²) in [5.74, 6) is 0.227. The summed E-state index contributed by atoms with van der Waals surface area (Å²) in [7, 11) is 1.46. The van der Waals surface area contributed by atoms with Gasteiger partial charge in [0.2, 0.25) is 5.91 Å². The van der Waals surface area contributed by atoms with Gasteiger partial charge in [0.15, 0.2) is 5.16 Å². The van der Waals surface area contributed by atoms with Crippen molar-refractivity contribution in [3.63, 3.8) is 0 Å². The van der Waals surface area contributed by atoms with E-state index in [4.69, 9.17) is 0 Å². The number of nitrogens with zero attached hydrogens (tertiary/aromatic N) is 2. The zero-order valence-electron chi connectivity index (χ0n) is 11.9. The number of benzene rings is 1. The van der Waals surface area contributed by atoms with Crippen molar-refractivity contribution in [2.45, 2.75) is 11.6 Å². The fraction of sp³-hybridized carbons (Fsp3) is 0.214. The Hall–Kier alpha value is -1.80. The lowest BCUT2D eigenvalue weighted by Gasteiger charge is -2.07. The first kappa shape index (κ1) is 16.6. The molecule has 0 fully saturated rings. The number of aromatic nitrogens is 2. The molecule has 6 nitrogen and oxygen atoms in total. The Kier molecular flexibility index (Phi) is 6.02. The molecule has 0 saturated heterocycles. The highest BCUT2D eigenvalue weighted by Gasteiger charge is 2.09. The van der Waals surface area contributed by atoms with Crippen molar-refractivity contribution in [1.29, 1.82) is 0 Å². The number of rotatable bonds is 5. The van der Waals surface area contributed by atoms with E-state index in [2.05, 4.69) is 31.5 Å². The van der Waals surface area contributed by atoms with Crippen LogP contribution in [0.3, 0.4) is 0 Å². The van der Waals surface area contributed by atoms with E-state index in [1.54, 1.807) is 6.20 Å². The molecule has 8 heteroatoms. The van der Waals surface area contributed by atoms with Crippen molar-refractivity contribution in [2.24, 2.45) is 0 Å². The zero-order chi connectivity index (χ0) is 15.9. The first-order valence-electron chi connectivity index (χ1n) is 6.54. The van der Waals surface area contributed by atoms with Crippen molar-refractivity contribution in [1.82, 2.24) is 20.2 Å². The second kappa shape index (κ2) is 8.00. The van der Waals surface area contributed by atoms with Crippen LogP contribution in [0, 0.1) is 0 Å². The van der Waals surface area contributed by atoms with Crippen molar-refractivity contribution in [3.8, 4) is 5.69 Å². The van der Waals surface area contributed by atoms with E-state index < -0.39 is 6.03 Å². The number of hydrogen-bond donors (Lipinski definition) is 2. The summed E-state index contributed by atoms with van der Waals surface area (Å²) in [4.78, 5) is 26.8. The average Bonchev–Trinajstić information content (AvgIpc) is 2.96. The van der Waals surface area contributed by atoms with Crippen LogP contribution in [-0.2, 0) is 4.79 Å². The molecule has 0 spiro atoms. The van der Waals surface area contributed by atoms with Crippen LogP contribution in [0.25, 0.3) is 5.69 Å². The maximum Gasteiger partial charge on any atom is 0.321 e. The Morgan fingerprint density at radius 3 is 2.73 bits per heavy atom. The van der Waals surface area contributed by atoms with Gasteiger partial charge in [-0.1, -0.05) is 27.7 Å². The number of imidazole rings is 1. The summed E-state index contributed by atoms with van der Waals surface area (Å²) in [6.07, 6.45) is 3.83. The molecule has 0 aliphatic heterocycles. The quantitative estimate of drug-likeness (QED) is 0.779. The Bertz CT molecular complexity index is 657. The van der Waals surface area contributed by atoms with Gasteiger partial charge in [0, 0.05) is 41.8 Å².